The Morgan fingerprint density at radius 1 is 0.966 bits per heavy atom. The summed E-state index contributed by atoms with van der Waals surface area (Å²) in [7, 11) is 0. The van der Waals surface area contributed by atoms with Crippen molar-refractivity contribution in [3.63, 3.8) is 0 Å². The number of para-hydroxylation sites is 1. The maximum absolute atomic E-state index is 12.7. The van der Waals surface area contributed by atoms with Crippen molar-refractivity contribution in [2.75, 3.05) is 5.32 Å². The fourth-order valence-electron chi connectivity index (χ4n) is 3.13. The van der Waals surface area contributed by atoms with Gasteiger partial charge in [0.05, 0.1) is 0 Å². The molecule has 29 heavy (non-hydrogen) atoms. The Hall–Kier alpha value is -3.16. The molecule has 0 aliphatic rings. The lowest BCUT2D eigenvalue weighted by Crippen LogP contribution is -2.14. The zero-order valence-corrected chi connectivity index (χ0v) is 17.7. The monoisotopic (exact) mass is 444 g/mol. The van der Waals surface area contributed by atoms with Crippen LogP contribution in [0, 0.1) is 11.3 Å². The molecule has 0 aliphatic carbocycles. The summed E-state index contributed by atoms with van der Waals surface area (Å²) in [5.74, 6) is -0.399. The normalized spacial score (nSPS) is 11.0. The number of hydrogen-bond acceptors (Lipinski definition) is 2. The summed E-state index contributed by atoms with van der Waals surface area (Å²) >= 11 is 3.58. The second-order valence-electron chi connectivity index (χ2n) is 6.60. The second-order valence-corrected chi connectivity index (χ2v) is 7.46. The van der Waals surface area contributed by atoms with Crippen LogP contribution in [0.3, 0.4) is 0 Å². The van der Waals surface area contributed by atoms with Crippen LogP contribution in [0.1, 0.15) is 29.2 Å². The molecule has 0 bridgehead atoms. The number of carbonyl (C=O) groups excluding carboxylic acids is 1. The van der Waals surface area contributed by atoms with Crippen molar-refractivity contribution in [3.05, 3.63) is 105 Å². The van der Waals surface area contributed by atoms with Gasteiger partial charge in [0.1, 0.15) is 11.6 Å². The molecule has 1 amide bonds. The van der Waals surface area contributed by atoms with Crippen molar-refractivity contribution in [1.29, 1.82) is 5.26 Å². The summed E-state index contributed by atoms with van der Waals surface area (Å²) in [5, 5.41) is 12.5. The van der Waals surface area contributed by atoms with Crippen LogP contribution < -0.4 is 5.32 Å². The molecule has 3 nitrogen and oxygen atoms in total. The molecule has 4 heteroatoms. The Balaban J connectivity index is 1.89. The van der Waals surface area contributed by atoms with Crippen molar-refractivity contribution >= 4 is 33.6 Å². The molecule has 0 saturated carbocycles. The summed E-state index contributed by atoms with van der Waals surface area (Å²) in [6, 6.07) is 25.6. The Labute approximate surface area is 179 Å². The molecule has 3 rings (SSSR count). The lowest BCUT2D eigenvalue weighted by Gasteiger charge is -2.10. The van der Waals surface area contributed by atoms with Crippen LogP contribution in [-0.4, -0.2) is 5.91 Å². The van der Waals surface area contributed by atoms with E-state index in [1.165, 1.54) is 0 Å². The largest absolute Gasteiger partial charge is 0.321 e. The average Bonchev–Trinajstić information content (AvgIpc) is 2.75. The van der Waals surface area contributed by atoms with Crippen LogP contribution in [0.2, 0.25) is 0 Å². The highest BCUT2D eigenvalue weighted by Gasteiger charge is 2.13. The minimum atomic E-state index is -0.399. The number of nitrogens with one attached hydrogen (secondary N) is 1. The van der Waals surface area contributed by atoms with Gasteiger partial charge in [-0.1, -0.05) is 83.5 Å². The van der Waals surface area contributed by atoms with E-state index in [2.05, 4.69) is 33.4 Å². The first-order valence-electron chi connectivity index (χ1n) is 9.44. The van der Waals surface area contributed by atoms with Gasteiger partial charge in [-0.05, 0) is 53.3 Å². The minimum absolute atomic E-state index is 0.0792. The minimum Gasteiger partial charge on any atom is -0.321 e. The second kappa shape index (κ2) is 9.86. The van der Waals surface area contributed by atoms with Crippen molar-refractivity contribution in [2.24, 2.45) is 0 Å². The number of aryl methyl sites for hydroxylation is 1. The third kappa shape index (κ3) is 5.22. The van der Waals surface area contributed by atoms with E-state index >= 15 is 0 Å². The summed E-state index contributed by atoms with van der Waals surface area (Å²) in [6.07, 6.45) is 3.17. The van der Waals surface area contributed by atoms with Crippen LogP contribution in [0.15, 0.2) is 82.8 Å². The number of anilines is 1. The first-order chi connectivity index (χ1) is 14.1. The molecule has 3 aromatic carbocycles. The number of halogens is 1. The molecule has 1 N–H and O–H groups in total. The number of nitrogens with zero attached hydrogens (tertiary/aromatic N) is 1. The number of carbonyl (C=O) groups is 1. The summed E-state index contributed by atoms with van der Waals surface area (Å²) in [5.41, 5.74) is 4.91. The summed E-state index contributed by atoms with van der Waals surface area (Å²) < 4.78 is 1.04. The molecule has 0 aromatic heterocycles. The van der Waals surface area contributed by atoms with E-state index < -0.39 is 5.91 Å². The van der Waals surface area contributed by atoms with Crippen molar-refractivity contribution < 1.29 is 4.79 Å². The number of hydrogen-bond donors (Lipinski definition) is 1. The van der Waals surface area contributed by atoms with E-state index in [9.17, 15) is 10.1 Å². The predicted octanol–water partition coefficient (Wildman–Crippen LogP) is 6.15. The first kappa shape index (κ1) is 20.6. The quantitative estimate of drug-likeness (QED) is 0.366. The van der Waals surface area contributed by atoms with E-state index in [-0.39, 0.29) is 5.57 Å². The Morgan fingerprint density at radius 3 is 2.28 bits per heavy atom. The van der Waals surface area contributed by atoms with Crippen molar-refractivity contribution in [3.8, 4) is 6.07 Å². The summed E-state index contributed by atoms with van der Waals surface area (Å²) in [4.78, 5) is 12.7. The average molecular weight is 445 g/mol. The zero-order chi connectivity index (χ0) is 20.6. The van der Waals surface area contributed by atoms with Gasteiger partial charge in [-0.25, -0.2) is 0 Å². The maximum Gasteiger partial charge on any atom is 0.266 e. The lowest BCUT2D eigenvalue weighted by molar-refractivity contribution is -0.112. The van der Waals surface area contributed by atoms with Crippen LogP contribution in [0.25, 0.3) is 6.08 Å². The Morgan fingerprint density at radius 2 is 1.59 bits per heavy atom. The first-order valence-corrected chi connectivity index (χ1v) is 10.2. The number of nitriles is 1. The smallest absolute Gasteiger partial charge is 0.266 e. The highest BCUT2D eigenvalue weighted by molar-refractivity contribution is 9.10. The van der Waals surface area contributed by atoms with E-state index in [0.717, 1.165) is 38.8 Å². The molecular weight excluding hydrogens is 424 g/mol. The van der Waals surface area contributed by atoms with E-state index in [1.54, 1.807) is 6.08 Å². The SMILES string of the molecule is CCc1ccccc1NC(=O)/C(C#N)=C/c1ccccc1Cc1ccccc1Br. The summed E-state index contributed by atoms with van der Waals surface area (Å²) in [6.45, 7) is 2.03. The molecule has 0 atom stereocenters. The fraction of sp³-hybridized carbons (Fsp3) is 0.120. The fourth-order valence-corrected chi connectivity index (χ4v) is 3.55. The lowest BCUT2D eigenvalue weighted by atomic mass is 9.98. The highest BCUT2D eigenvalue weighted by Crippen LogP contribution is 2.23. The molecule has 0 heterocycles. The molecule has 0 aliphatic heterocycles. The van der Waals surface area contributed by atoms with Gasteiger partial charge < -0.3 is 5.32 Å². The molecule has 0 unspecified atom stereocenters. The van der Waals surface area contributed by atoms with E-state index in [1.807, 2.05) is 73.7 Å². The topological polar surface area (TPSA) is 52.9 Å². The van der Waals surface area contributed by atoms with Gasteiger partial charge in [0.25, 0.3) is 5.91 Å². The molecular formula is C25H21BrN2O. The van der Waals surface area contributed by atoms with Gasteiger partial charge in [0.2, 0.25) is 0 Å². The molecule has 0 spiro atoms. The Bertz CT molecular complexity index is 1100. The van der Waals surface area contributed by atoms with Crippen LogP contribution in [0.5, 0.6) is 0 Å². The van der Waals surface area contributed by atoms with Gasteiger partial charge in [-0.15, -0.1) is 0 Å². The number of rotatable bonds is 6. The third-order valence-electron chi connectivity index (χ3n) is 4.71. The predicted molar refractivity (Wildman–Crippen MR) is 121 cm³/mol. The van der Waals surface area contributed by atoms with Gasteiger partial charge in [0.15, 0.2) is 0 Å². The molecule has 0 fully saturated rings. The zero-order valence-electron chi connectivity index (χ0n) is 16.2. The third-order valence-corrected chi connectivity index (χ3v) is 5.48. The van der Waals surface area contributed by atoms with E-state index in [0.29, 0.717) is 6.42 Å². The van der Waals surface area contributed by atoms with Gasteiger partial charge in [-0.3, -0.25) is 4.79 Å². The number of benzene rings is 3. The maximum atomic E-state index is 12.7. The van der Waals surface area contributed by atoms with Crippen molar-refractivity contribution in [1.82, 2.24) is 0 Å². The van der Waals surface area contributed by atoms with Gasteiger partial charge >= 0.3 is 0 Å². The van der Waals surface area contributed by atoms with Gasteiger partial charge in [-0.2, -0.15) is 5.26 Å². The molecule has 144 valence electrons. The standard InChI is InChI=1S/C25H21BrN2O/c1-2-18-9-6-8-14-24(18)28-25(29)22(17-27)16-20-11-4-3-10-19(20)15-21-12-5-7-13-23(21)26/h3-14,16H,2,15H2,1H3,(H,28,29)/b22-16+. The van der Waals surface area contributed by atoms with Crippen molar-refractivity contribution in [2.45, 2.75) is 19.8 Å². The number of amides is 1. The highest BCUT2D eigenvalue weighted by atomic mass is 79.9. The van der Waals surface area contributed by atoms with Crippen LogP contribution in [-0.2, 0) is 17.6 Å². The Kier molecular flexibility index (Phi) is 6.99. The van der Waals surface area contributed by atoms with Gasteiger partial charge in [0, 0.05) is 10.2 Å². The van der Waals surface area contributed by atoms with E-state index in [4.69, 9.17) is 0 Å². The molecule has 0 saturated heterocycles. The van der Waals surface area contributed by atoms with Crippen LogP contribution >= 0.6 is 15.9 Å². The molecule has 3 aromatic rings. The molecule has 0 radical (unpaired) electrons. The van der Waals surface area contributed by atoms with Crippen LogP contribution in [0.4, 0.5) is 5.69 Å².